The Balaban J connectivity index is 4.43. The van der Waals surface area contributed by atoms with Crippen molar-refractivity contribution in [1.82, 2.24) is 0 Å². The van der Waals surface area contributed by atoms with Gasteiger partial charge in [-0.05, 0) is 40.0 Å². The molecule has 4 heteroatoms. The Morgan fingerprint density at radius 3 is 1.89 bits per heavy atom. The number of unbranched alkanes of at least 4 members (excludes halogenated alkanes) is 2. The van der Waals surface area contributed by atoms with Gasteiger partial charge in [-0.2, -0.15) is 0 Å². The maximum Gasteiger partial charge on any atom is 0.503 e. The zero-order valence-electron chi connectivity index (χ0n) is 12.5. The molecule has 0 aromatic rings. The Hall–Kier alpha value is -0.163. The zero-order valence-corrected chi connectivity index (χ0v) is 13.5. The predicted molar refractivity (Wildman–Crippen MR) is 78.7 cm³/mol. The Labute approximate surface area is 114 Å². The van der Waals surface area contributed by atoms with E-state index in [0.717, 1.165) is 12.8 Å². The molecule has 0 radical (unpaired) electrons. The van der Waals surface area contributed by atoms with Crippen molar-refractivity contribution in [1.29, 1.82) is 0 Å². The fraction of sp³-hybridized carbons (Fsp3) is 0.857. The van der Waals surface area contributed by atoms with E-state index in [-0.39, 0.29) is 0 Å². The summed E-state index contributed by atoms with van der Waals surface area (Å²) in [5.74, 6) is 0. The van der Waals surface area contributed by atoms with Gasteiger partial charge in [-0.25, -0.2) is 0 Å². The van der Waals surface area contributed by atoms with Crippen molar-refractivity contribution in [2.45, 2.75) is 58.9 Å². The zero-order chi connectivity index (χ0) is 13.9. The molecule has 0 amide bonds. The fourth-order valence-corrected chi connectivity index (χ4v) is 4.94. The molecule has 18 heavy (non-hydrogen) atoms. The van der Waals surface area contributed by atoms with Gasteiger partial charge in [0.05, 0.1) is 0 Å². The summed E-state index contributed by atoms with van der Waals surface area (Å²) >= 11 is 0. The third-order valence-electron chi connectivity index (χ3n) is 2.94. The molecule has 0 bridgehead atoms. The lowest BCUT2D eigenvalue weighted by Gasteiger charge is -2.33. The minimum atomic E-state index is -2.48. The van der Waals surface area contributed by atoms with E-state index in [2.05, 4.69) is 13.5 Å². The van der Waals surface area contributed by atoms with Crippen molar-refractivity contribution >= 4 is 8.80 Å². The van der Waals surface area contributed by atoms with Crippen LogP contribution in [0.3, 0.4) is 0 Å². The molecule has 1 atom stereocenters. The molecular weight excluding hydrogens is 244 g/mol. The van der Waals surface area contributed by atoms with Crippen molar-refractivity contribution in [3.05, 3.63) is 12.7 Å². The molecule has 0 aliphatic rings. The molecular formula is C14H30O3Si. The molecule has 0 spiro atoms. The third-order valence-corrected chi connectivity index (χ3v) is 6.50. The molecule has 108 valence electrons. The molecule has 0 aliphatic heterocycles. The van der Waals surface area contributed by atoms with Crippen LogP contribution in [0.25, 0.3) is 0 Å². The van der Waals surface area contributed by atoms with E-state index < -0.39 is 8.80 Å². The van der Waals surface area contributed by atoms with Gasteiger partial charge in [0, 0.05) is 25.4 Å². The summed E-state index contributed by atoms with van der Waals surface area (Å²) in [7, 11) is -2.48. The van der Waals surface area contributed by atoms with E-state index in [9.17, 15) is 0 Å². The summed E-state index contributed by atoms with van der Waals surface area (Å²) in [5, 5.41) is 0. The molecule has 0 fully saturated rings. The van der Waals surface area contributed by atoms with Crippen LogP contribution < -0.4 is 0 Å². The topological polar surface area (TPSA) is 27.7 Å². The summed E-state index contributed by atoms with van der Waals surface area (Å²) < 4.78 is 17.7. The van der Waals surface area contributed by atoms with Crippen molar-refractivity contribution < 1.29 is 13.3 Å². The van der Waals surface area contributed by atoms with Crippen LogP contribution in [0.1, 0.15) is 53.4 Å². The SMILES string of the molecule is C=CCCCCC(C)[Si](OCC)(OCC)OCC. The summed E-state index contributed by atoms with van der Waals surface area (Å²) in [5.41, 5.74) is 0.363. The Morgan fingerprint density at radius 2 is 1.50 bits per heavy atom. The quantitative estimate of drug-likeness (QED) is 0.304. The fourth-order valence-electron chi connectivity index (χ4n) is 2.07. The maximum absolute atomic E-state index is 5.90. The molecule has 0 rings (SSSR count). The molecule has 0 saturated heterocycles. The van der Waals surface area contributed by atoms with Crippen LogP contribution >= 0.6 is 0 Å². The van der Waals surface area contributed by atoms with Gasteiger partial charge < -0.3 is 13.3 Å². The second-order valence-electron chi connectivity index (χ2n) is 4.38. The van der Waals surface area contributed by atoms with Gasteiger partial charge in [0.2, 0.25) is 0 Å². The van der Waals surface area contributed by atoms with Crippen LogP contribution in [0.2, 0.25) is 5.54 Å². The summed E-state index contributed by atoms with van der Waals surface area (Å²) in [6.45, 7) is 13.9. The van der Waals surface area contributed by atoms with Gasteiger partial charge in [-0.1, -0.05) is 19.4 Å². The second kappa shape index (κ2) is 10.7. The minimum absolute atomic E-state index is 0.363. The highest BCUT2D eigenvalue weighted by Gasteiger charge is 2.46. The first-order valence-corrected chi connectivity index (χ1v) is 8.99. The van der Waals surface area contributed by atoms with Gasteiger partial charge in [-0.3, -0.25) is 0 Å². The van der Waals surface area contributed by atoms with Crippen LogP contribution in [0, 0.1) is 0 Å². The third kappa shape index (κ3) is 6.14. The van der Waals surface area contributed by atoms with Crippen LogP contribution in [-0.4, -0.2) is 28.6 Å². The smallest absolute Gasteiger partial charge is 0.374 e. The lowest BCUT2D eigenvalue weighted by molar-refractivity contribution is 0.0612. The van der Waals surface area contributed by atoms with Gasteiger partial charge in [0.15, 0.2) is 0 Å². The standard InChI is InChI=1S/C14H30O3Si/c1-6-10-11-12-13-14(5)18(15-7-2,16-8-3)17-9-4/h6,14H,1,7-13H2,2-5H3. The lowest BCUT2D eigenvalue weighted by atomic mass is 10.1. The molecule has 1 unspecified atom stereocenters. The molecule has 0 N–H and O–H groups in total. The number of hydrogen-bond acceptors (Lipinski definition) is 3. The highest BCUT2D eigenvalue weighted by molar-refractivity contribution is 6.62. The highest BCUT2D eigenvalue weighted by Crippen LogP contribution is 2.30. The van der Waals surface area contributed by atoms with Crippen LogP contribution in [0.5, 0.6) is 0 Å². The van der Waals surface area contributed by atoms with Crippen LogP contribution in [-0.2, 0) is 13.3 Å². The maximum atomic E-state index is 5.90. The molecule has 0 aliphatic carbocycles. The normalized spacial score (nSPS) is 13.6. The largest absolute Gasteiger partial charge is 0.503 e. The first kappa shape index (κ1) is 17.8. The van der Waals surface area contributed by atoms with Crippen molar-refractivity contribution in [2.75, 3.05) is 19.8 Å². The minimum Gasteiger partial charge on any atom is -0.374 e. The Morgan fingerprint density at radius 1 is 1.00 bits per heavy atom. The van der Waals surface area contributed by atoms with E-state index in [4.69, 9.17) is 13.3 Å². The van der Waals surface area contributed by atoms with Gasteiger partial charge in [0.1, 0.15) is 0 Å². The number of allylic oxidation sites excluding steroid dienone is 1. The van der Waals surface area contributed by atoms with Gasteiger partial charge >= 0.3 is 8.80 Å². The summed E-state index contributed by atoms with van der Waals surface area (Å²) in [6, 6.07) is 0. The van der Waals surface area contributed by atoms with E-state index in [1.54, 1.807) is 0 Å². The van der Waals surface area contributed by atoms with E-state index in [1.807, 2.05) is 26.8 Å². The first-order chi connectivity index (χ1) is 8.66. The lowest BCUT2D eigenvalue weighted by Crippen LogP contribution is -2.49. The monoisotopic (exact) mass is 274 g/mol. The average molecular weight is 274 g/mol. The van der Waals surface area contributed by atoms with Crippen LogP contribution in [0.4, 0.5) is 0 Å². The van der Waals surface area contributed by atoms with E-state index >= 15 is 0 Å². The van der Waals surface area contributed by atoms with Crippen molar-refractivity contribution in [2.24, 2.45) is 0 Å². The number of rotatable bonds is 12. The van der Waals surface area contributed by atoms with Crippen molar-refractivity contribution in [3.8, 4) is 0 Å². The second-order valence-corrected chi connectivity index (χ2v) is 7.44. The predicted octanol–water partition coefficient (Wildman–Crippen LogP) is 4.17. The van der Waals surface area contributed by atoms with Gasteiger partial charge in [0.25, 0.3) is 0 Å². The molecule has 0 heterocycles. The first-order valence-electron chi connectivity index (χ1n) is 7.19. The van der Waals surface area contributed by atoms with E-state index in [1.165, 1.54) is 12.8 Å². The Kier molecular flexibility index (Phi) is 10.6. The van der Waals surface area contributed by atoms with Gasteiger partial charge in [-0.15, -0.1) is 6.58 Å². The number of hydrogen-bond donors (Lipinski definition) is 0. The molecule has 0 aromatic heterocycles. The van der Waals surface area contributed by atoms with Crippen molar-refractivity contribution in [3.63, 3.8) is 0 Å². The molecule has 3 nitrogen and oxygen atoms in total. The van der Waals surface area contributed by atoms with E-state index in [0.29, 0.717) is 25.4 Å². The summed E-state index contributed by atoms with van der Waals surface area (Å²) in [6.07, 6.45) is 6.51. The Bertz CT molecular complexity index is 192. The molecule has 0 aromatic carbocycles. The average Bonchev–Trinajstić information content (AvgIpc) is 2.35. The molecule has 0 saturated carbocycles. The summed E-state index contributed by atoms with van der Waals surface area (Å²) in [4.78, 5) is 0. The van der Waals surface area contributed by atoms with Crippen LogP contribution in [0.15, 0.2) is 12.7 Å². The highest BCUT2D eigenvalue weighted by atomic mass is 28.4.